The molecule has 57 heavy (non-hydrogen) atoms. The molecular weight excluding hydrogens is 896 g/mol. The maximum atomic E-state index is 9.53. The topological polar surface area (TPSA) is 494 Å². The molecule has 0 aromatic carbocycles. The van der Waals surface area contributed by atoms with Gasteiger partial charge in [-0.3, -0.25) is 19.6 Å². The zero-order chi connectivity index (χ0) is 46.6. The Morgan fingerprint density at radius 2 is 0.211 bits per heavy atom. The quantitative estimate of drug-likeness (QED) is 0.143. The van der Waals surface area contributed by atoms with Crippen molar-refractivity contribution in [2.45, 2.75) is 200 Å². The van der Waals surface area contributed by atoms with Crippen molar-refractivity contribution in [1.29, 1.82) is 0 Å². The molecule has 0 bridgehead atoms. The van der Waals surface area contributed by atoms with Crippen LogP contribution >= 0.6 is 0 Å². The number of nitrogens with zero attached hydrogens (tertiary/aromatic N) is 12. The zero-order valence-corrected chi connectivity index (χ0v) is 43.9. The molecule has 0 amide bonds. The van der Waals surface area contributed by atoms with Crippen molar-refractivity contribution in [3.05, 3.63) is 63.9 Å². The van der Waals surface area contributed by atoms with Gasteiger partial charge in [-0.05, 0) is 0 Å². The van der Waals surface area contributed by atoms with E-state index in [9.17, 15) is 51.1 Å². The van der Waals surface area contributed by atoms with E-state index in [4.69, 9.17) is 44.2 Å². The molecule has 0 radical (unpaired) electrons. The van der Waals surface area contributed by atoms with Crippen molar-refractivity contribution in [3.8, 4) is 0 Å². The molecule has 0 aliphatic carbocycles. The van der Waals surface area contributed by atoms with Gasteiger partial charge in [0.1, 0.15) is 0 Å². The minimum atomic E-state index is -0.417. The van der Waals surface area contributed by atoms with Crippen LogP contribution in [0, 0.1) is 0 Å². The average molecular weight is 966 g/mol. The Bertz CT molecular complexity index is 483. The zero-order valence-electron chi connectivity index (χ0n) is 37.6. The number of hydrogen-bond acceptors (Lipinski definition) is 10. The Morgan fingerprint density at radius 3 is 0.211 bits per heavy atom. The molecule has 27 heteroatoms. The Morgan fingerprint density at radius 1 is 0.211 bits per heavy atom. The van der Waals surface area contributed by atoms with Crippen LogP contribution in [0.15, 0.2) is 0 Å². The molecule has 0 aliphatic rings. The summed E-state index contributed by atoms with van der Waals surface area (Å²) in [6.07, 6.45) is -4.17. The molecule has 0 heterocycles. The van der Waals surface area contributed by atoms with Crippen LogP contribution in [-0.4, -0.2) is 61.0 Å². The molecule has 0 saturated heterocycles. The van der Waals surface area contributed by atoms with Gasteiger partial charge < -0.3 is 101 Å². The van der Waals surface area contributed by atoms with E-state index in [0.717, 1.165) is 0 Å². The summed E-state index contributed by atoms with van der Waals surface area (Å²) >= 11 is 0. The van der Waals surface area contributed by atoms with Crippen molar-refractivity contribution < 1.29 is 143 Å². The van der Waals surface area contributed by atoms with E-state index in [0.29, 0.717) is 0 Å². The monoisotopic (exact) mass is 966 g/mol. The normalized spacial score (nSPS) is 6.88. The predicted molar refractivity (Wildman–Crippen MR) is 192 cm³/mol. The van der Waals surface area contributed by atoms with Gasteiger partial charge in [0.2, 0.25) is 0 Å². The van der Waals surface area contributed by atoms with E-state index in [1.807, 2.05) is 0 Å². The molecule has 0 aliphatic heterocycles. The van der Waals surface area contributed by atoms with Crippen LogP contribution in [0.25, 0.3) is 63.9 Å². The fourth-order valence-corrected chi connectivity index (χ4v) is 0. The molecule has 0 aromatic rings. The largest absolute Gasteiger partial charge is 4.00 e. The number of hydrogen-bond donors (Lipinski definition) is 0. The fourth-order valence-electron chi connectivity index (χ4n) is 0. The third-order valence-electron chi connectivity index (χ3n) is 0. The third-order valence-corrected chi connectivity index (χ3v) is 0. The minimum absolute atomic E-state index is 0. The van der Waals surface area contributed by atoms with Crippen LogP contribution in [0.1, 0.15) is 138 Å². The summed E-state index contributed by atoms with van der Waals surface area (Å²) in [5.74, 6) is 0. The van der Waals surface area contributed by atoms with Gasteiger partial charge in [-0.1, -0.05) is 138 Å². The van der Waals surface area contributed by atoms with Crippen molar-refractivity contribution >= 4 is 0 Å². The average Bonchev–Trinajstić information content (AvgIpc) is 2.77. The van der Waals surface area contributed by atoms with Gasteiger partial charge in [-0.15, -0.1) is 61.0 Å². The maximum Gasteiger partial charge on any atom is 4.00 e. The van der Waals surface area contributed by atoms with E-state index in [-0.39, 0.29) is 92.3 Å². The molecule has 0 fully saturated rings. The summed E-state index contributed by atoms with van der Waals surface area (Å²) < 4.78 is 0. The van der Waals surface area contributed by atoms with Gasteiger partial charge in [0.15, 0.2) is 0 Å². The van der Waals surface area contributed by atoms with Gasteiger partial charge in [-0.25, -0.2) is 0 Å². The fraction of sp³-hybridized carbons (Fsp3) is 1.00. The predicted octanol–water partition coefficient (Wildman–Crippen LogP) is 0.887. The van der Waals surface area contributed by atoms with Crippen molar-refractivity contribution in [1.82, 2.24) is 0 Å². The molecular formula is C30H70N12O11Ti4. The minimum Gasteiger partial charge on any atom is -2.00 e. The molecule has 0 spiro atoms. The van der Waals surface area contributed by atoms with Gasteiger partial charge in [0.05, 0.1) is 0 Å². The molecule has 0 rings (SSSR count). The smallest absolute Gasteiger partial charge is 2.00 e. The molecule has 332 valence electrons. The van der Waals surface area contributed by atoms with Crippen molar-refractivity contribution in [3.63, 3.8) is 0 Å². The van der Waals surface area contributed by atoms with Crippen LogP contribution in [0.5, 0.6) is 0 Å². The summed E-state index contributed by atoms with van der Waals surface area (Å²) in [5, 5.41) is 95.3. The van der Waals surface area contributed by atoms with E-state index < -0.39 is 61.0 Å². The van der Waals surface area contributed by atoms with Crippen LogP contribution in [0.3, 0.4) is 0 Å². The summed E-state index contributed by atoms with van der Waals surface area (Å²) in [5.41, 5.74) is 54.0. The van der Waals surface area contributed by atoms with E-state index in [1.165, 1.54) is 19.6 Å². The van der Waals surface area contributed by atoms with Gasteiger partial charge >= 0.3 is 86.9 Å². The summed E-state index contributed by atoms with van der Waals surface area (Å²) in [6, 6.07) is 0. The van der Waals surface area contributed by atoms with Gasteiger partial charge in [-0.2, -0.15) is 0 Å². The summed E-state index contributed by atoms with van der Waals surface area (Å²) in [6.45, 7) is 32.2. The second kappa shape index (κ2) is 147. The van der Waals surface area contributed by atoms with E-state index >= 15 is 0 Å². The van der Waals surface area contributed by atoms with Crippen molar-refractivity contribution in [2.24, 2.45) is 0 Å². The van der Waals surface area contributed by atoms with Crippen LogP contribution < -0.4 is 51.1 Å². The first-order valence-electron chi connectivity index (χ1n) is 15.5. The molecule has 0 atom stereocenters. The summed E-state index contributed by atoms with van der Waals surface area (Å²) in [4.78, 5) is 6.00. The Labute approximate surface area is 404 Å². The van der Waals surface area contributed by atoms with Crippen molar-refractivity contribution in [2.75, 3.05) is 0 Å². The van der Waals surface area contributed by atoms with Crippen LogP contribution in [0.4, 0.5) is 0 Å². The third kappa shape index (κ3) is 1360000. The van der Waals surface area contributed by atoms with Gasteiger partial charge in [0.25, 0.3) is 0 Å². The van der Waals surface area contributed by atoms with E-state index in [2.05, 4.69) is 0 Å². The maximum absolute atomic E-state index is 9.53. The molecule has 23 nitrogen and oxygen atoms in total. The molecule has 0 unspecified atom stereocenters. The Kier molecular flexibility index (Phi) is 319. The first-order valence-corrected chi connectivity index (χ1v) is 15.5. The standard InChI is InChI=1S/10C3H7O.4N3.O.4Ti/c10*1-3(2)4;4*1-3-2;;;;;/h10*3H,1-2H3;;;;;;;;;/q14*-1;-2;4*+4. The SMILES string of the molecule is CC(C)[O-].CC(C)[O-].CC(C)[O-].CC(C)[O-].CC(C)[O-].CC(C)[O-].CC(C)[O-].CC(C)[O-].CC(C)[O-].CC(C)[O-].[N-]=[N+]=[N-].[N-]=[N+]=[N-].[N-]=[N+]=[N-].[N-]=[N+]=[N-].[O-2].[Ti+4].[Ti+4].[Ti+4].[Ti+4]. The molecule has 0 N–H and O–H groups in total. The van der Waals surface area contributed by atoms with Gasteiger partial charge in [0, 0.05) is 0 Å². The second-order valence-corrected chi connectivity index (χ2v) is 10.8. The van der Waals surface area contributed by atoms with Crippen LogP contribution in [0.2, 0.25) is 0 Å². The van der Waals surface area contributed by atoms with Crippen LogP contribution in [-0.2, 0) is 92.3 Å². The second-order valence-electron chi connectivity index (χ2n) is 10.8. The first kappa shape index (κ1) is 124. The summed E-state index contributed by atoms with van der Waals surface area (Å²) in [7, 11) is 0. The first-order chi connectivity index (χ1) is 23.0. The molecule has 0 aromatic heterocycles. The molecule has 0 saturated carbocycles. The number of rotatable bonds is 0. The van der Waals surface area contributed by atoms with E-state index in [1.54, 1.807) is 138 Å². The Balaban J connectivity index is -0.0000000160. The Hall–Kier alpha value is -0.343.